The van der Waals surface area contributed by atoms with E-state index in [4.69, 9.17) is 0 Å². The summed E-state index contributed by atoms with van der Waals surface area (Å²) in [6.45, 7) is 0. The summed E-state index contributed by atoms with van der Waals surface area (Å²) in [4.78, 5) is 26.8. The van der Waals surface area contributed by atoms with Crippen LogP contribution in [0.25, 0.3) is 0 Å². The van der Waals surface area contributed by atoms with Crippen molar-refractivity contribution in [2.75, 3.05) is 12.5 Å². The first-order chi connectivity index (χ1) is 15.6. The second kappa shape index (κ2) is 11.9. The minimum atomic E-state index is -0.361. The van der Waals surface area contributed by atoms with Gasteiger partial charge in [0.05, 0.1) is 12.4 Å². The molecule has 0 aliphatic heterocycles. The molecule has 0 saturated heterocycles. The van der Waals surface area contributed by atoms with Gasteiger partial charge in [0.25, 0.3) is 11.8 Å². The molecule has 0 unspecified atom stereocenters. The minimum Gasteiger partial charge on any atom is -0.267 e. The number of rotatable bonds is 8. The summed E-state index contributed by atoms with van der Waals surface area (Å²) in [6.07, 6.45) is 7.18. The maximum absolute atomic E-state index is 12.2. The van der Waals surface area contributed by atoms with Crippen LogP contribution in [0.3, 0.4) is 0 Å². The predicted octanol–water partition coefficient (Wildman–Crippen LogP) is 4.66. The van der Waals surface area contributed by atoms with Crippen LogP contribution in [0.15, 0.2) is 92.8 Å². The Morgan fingerprint density at radius 3 is 1.28 bits per heavy atom. The Balaban J connectivity index is 1.51. The van der Waals surface area contributed by atoms with E-state index in [1.165, 1.54) is 0 Å². The summed E-state index contributed by atoms with van der Waals surface area (Å²) in [5, 5.41) is 7.96. The summed E-state index contributed by atoms with van der Waals surface area (Å²) in [7, 11) is 0. The molecular weight excluding hydrogens is 440 g/mol. The van der Waals surface area contributed by atoms with E-state index in [1.807, 2.05) is 61.0 Å². The number of amides is 2. The molecule has 162 valence electrons. The topological polar surface area (TPSA) is 82.9 Å². The van der Waals surface area contributed by atoms with Crippen LogP contribution in [0.4, 0.5) is 0 Å². The van der Waals surface area contributed by atoms with Gasteiger partial charge in [-0.05, 0) is 72.2 Å². The number of carbonyl (C=O) groups excluding carboxylic acids is 2. The van der Waals surface area contributed by atoms with Crippen LogP contribution in [-0.2, 0) is 0 Å². The van der Waals surface area contributed by atoms with Gasteiger partial charge in [-0.1, -0.05) is 24.3 Å². The maximum atomic E-state index is 12.2. The van der Waals surface area contributed by atoms with E-state index in [9.17, 15) is 9.59 Å². The summed E-state index contributed by atoms with van der Waals surface area (Å²) in [5.41, 5.74) is 7.53. The fourth-order valence-corrected chi connectivity index (χ4v) is 3.43. The summed E-state index contributed by atoms with van der Waals surface area (Å²) < 4.78 is 0. The molecule has 3 aromatic rings. The van der Waals surface area contributed by atoms with E-state index in [0.717, 1.165) is 20.9 Å². The van der Waals surface area contributed by atoms with Crippen molar-refractivity contribution in [1.29, 1.82) is 0 Å². The number of benzene rings is 3. The average Bonchev–Trinajstić information content (AvgIpc) is 2.85. The van der Waals surface area contributed by atoms with Gasteiger partial charge in [0, 0.05) is 20.9 Å². The van der Waals surface area contributed by atoms with Gasteiger partial charge in [-0.2, -0.15) is 10.2 Å². The van der Waals surface area contributed by atoms with Crippen LogP contribution in [0, 0.1) is 0 Å². The molecule has 2 amide bonds. The lowest BCUT2D eigenvalue weighted by Gasteiger charge is -2.03. The van der Waals surface area contributed by atoms with E-state index >= 15 is 0 Å². The third-order valence-corrected chi connectivity index (χ3v) is 5.89. The van der Waals surface area contributed by atoms with E-state index < -0.39 is 0 Å². The molecule has 0 aliphatic carbocycles. The zero-order valence-corrected chi connectivity index (χ0v) is 19.2. The Labute approximate surface area is 195 Å². The molecule has 0 bridgehead atoms. The molecule has 0 saturated carbocycles. The summed E-state index contributed by atoms with van der Waals surface area (Å²) >= 11 is 3.32. The number of nitrogens with one attached hydrogen (secondary N) is 2. The monoisotopic (exact) mass is 462 g/mol. The van der Waals surface area contributed by atoms with Gasteiger partial charge < -0.3 is 0 Å². The first-order valence-electron chi connectivity index (χ1n) is 9.64. The van der Waals surface area contributed by atoms with Gasteiger partial charge in [-0.25, -0.2) is 10.9 Å². The van der Waals surface area contributed by atoms with E-state index in [1.54, 1.807) is 60.2 Å². The van der Waals surface area contributed by atoms with Crippen LogP contribution < -0.4 is 10.9 Å². The summed E-state index contributed by atoms with van der Waals surface area (Å²) in [5.74, 6) is -0.721. The number of carbonyl (C=O) groups is 2. The number of hydrogen-bond acceptors (Lipinski definition) is 6. The van der Waals surface area contributed by atoms with Crippen molar-refractivity contribution in [3.05, 3.63) is 95.1 Å². The molecule has 0 heterocycles. The molecule has 3 aromatic carbocycles. The standard InChI is InChI=1S/C24H22N4O2S2/c1-31-21-11-3-17(4-12-21)15-25-27-23(29)19-7-9-20(10-8-19)24(30)28-26-16-18-5-13-22(32-2)14-6-18/h3-16H,1-2H3,(H,27,29)(H,28,30)/b25-15+,26-16+. The number of thioether (sulfide) groups is 2. The van der Waals surface area contributed by atoms with Crippen molar-refractivity contribution in [3.63, 3.8) is 0 Å². The van der Waals surface area contributed by atoms with Crippen LogP contribution >= 0.6 is 23.5 Å². The molecule has 6 nitrogen and oxygen atoms in total. The van der Waals surface area contributed by atoms with Gasteiger partial charge in [-0.3, -0.25) is 9.59 Å². The van der Waals surface area contributed by atoms with Crippen molar-refractivity contribution >= 4 is 47.8 Å². The van der Waals surface area contributed by atoms with Crippen LogP contribution in [0.1, 0.15) is 31.8 Å². The van der Waals surface area contributed by atoms with Crippen molar-refractivity contribution in [3.8, 4) is 0 Å². The summed E-state index contributed by atoms with van der Waals surface area (Å²) in [6, 6.07) is 21.9. The van der Waals surface area contributed by atoms with Crippen molar-refractivity contribution in [2.24, 2.45) is 10.2 Å². The number of nitrogens with zero attached hydrogens (tertiary/aromatic N) is 2. The second-order valence-electron chi connectivity index (χ2n) is 6.52. The average molecular weight is 463 g/mol. The van der Waals surface area contributed by atoms with Gasteiger partial charge in [0.15, 0.2) is 0 Å². The van der Waals surface area contributed by atoms with Gasteiger partial charge in [-0.15, -0.1) is 23.5 Å². The Hall–Kier alpha value is -3.36. The highest BCUT2D eigenvalue weighted by Gasteiger charge is 2.08. The molecule has 3 rings (SSSR count). The van der Waals surface area contributed by atoms with E-state index in [0.29, 0.717) is 11.1 Å². The smallest absolute Gasteiger partial charge is 0.267 e. The lowest BCUT2D eigenvalue weighted by molar-refractivity contribution is 0.0943. The zero-order valence-electron chi connectivity index (χ0n) is 17.6. The highest BCUT2D eigenvalue weighted by atomic mass is 32.2. The number of hydrogen-bond donors (Lipinski definition) is 2. The zero-order chi connectivity index (χ0) is 22.8. The fourth-order valence-electron chi connectivity index (χ4n) is 2.61. The van der Waals surface area contributed by atoms with Crippen LogP contribution in [0.5, 0.6) is 0 Å². The van der Waals surface area contributed by atoms with E-state index in [-0.39, 0.29) is 11.8 Å². The van der Waals surface area contributed by atoms with E-state index in [2.05, 4.69) is 21.1 Å². The third-order valence-electron chi connectivity index (χ3n) is 4.40. The Morgan fingerprint density at radius 1 is 0.625 bits per heavy atom. The van der Waals surface area contributed by atoms with Crippen molar-refractivity contribution in [1.82, 2.24) is 10.9 Å². The molecule has 0 spiro atoms. The number of hydrazone groups is 2. The predicted molar refractivity (Wildman–Crippen MR) is 133 cm³/mol. The molecular formula is C24H22N4O2S2. The third kappa shape index (κ3) is 6.83. The Bertz CT molecular complexity index is 1020. The molecule has 0 fully saturated rings. The highest BCUT2D eigenvalue weighted by molar-refractivity contribution is 7.98. The van der Waals surface area contributed by atoms with Crippen LogP contribution in [-0.4, -0.2) is 36.8 Å². The molecule has 0 aliphatic rings. The maximum Gasteiger partial charge on any atom is 0.271 e. The molecule has 2 N–H and O–H groups in total. The quantitative estimate of drug-likeness (QED) is 0.290. The van der Waals surface area contributed by atoms with Crippen LogP contribution in [0.2, 0.25) is 0 Å². The van der Waals surface area contributed by atoms with Crippen molar-refractivity contribution in [2.45, 2.75) is 9.79 Å². The highest BCUT2D eigenvalue weighted by Crippen LogP contribution is 2.14. The van der Waals surface area contributed by atoms with Gasteiger partial charge in [0.1, 0.15) is 0 Å². The van der Waals surface area contributed by atoms with Crippen molar-refractivity contribution < 1.29 is 9.59 Å². The Kier molecular flexibility index (Phi) is 8.65. The molecule has 0 atom stereocenters. The first kappa shape index (κ1) is 23.3. The molecule has 0 aromatic heterocycles. The molecule has 32 heavy (non-hydrogen) atoms. The lowest BCUT2D eigenvalue weighted by Crippen LogP contribution is -2.19. The molecule has 8 heteroatoms. The Morgan fingerprint density at radius 2 is 0.969 bits per heavy atom. The second-order valence-corrected chi connectivity index (χ2v) is 8.28. The lowest BCUT2D eigenvalue weighted by atomic mass is 10.1. The largest absolute Gasteiger partial charge is 0.271 e. The normalized spacial score (nSPS) is 11.1. The fraction of sp³-hybridized carbons (Fsp3) is 0.0833. The minimum absolute atomic E-state index is 0.361. The van der Waals surface area contributed by atoms with Gasteiger partial charge in [0.2, 0.25) is 0 Å². The SMILES string of the molecule is CSc1ccc(/C=N/NC(=O)c2ccc(C(=O)N/N=C/c3ccc(SC)cc3)cc2)cc1. The molecule has 0 radical (unpaired) electrons. The van der Waals surface area contributed by atoms with Gasteiger partial charge >= 0.3 is 0 Å². The first-order valence-corrected chi connectivity index (χ1v) is 12.1.